The highest BCUT2D eigenvalue weighted by Gasteiger charge is 2.17. The van der Waals surface area contributed by atoms with Crippen LogP contribution in [0.2, 0.25) is 0 Å². The number of carbonyl (C=O) groups excluding carboxylic acids is 1. The lowest BCUT2D eigenvalue weighted by Gasteiger charge is -2.21. The molecule has 0 saturated carbocycles. The van der Waals surface area contributed by atoms with Gasteiger partial charge in [-0.1, -0.05) is 15.9 Å². The number of nitrogens with two attached hydrogens (primary N) is 1. The zero-order valence-electron chi connectivity index (χ0n) is 9.27. The molecule has 0 heterocycles. The third-order valence-electron chi connectivity index (χ3n) is 2.27. The van der Waals surface area contributed by atoms with Gasteiger partial charge in [0, 0.05) is 23.2 Å². The van der Waals surface area contributed by atoms with Gasteiger partial charge < -0.3 is 20.8 Å². The lowest BCUT2D eigenvalue weighted by atomic mass is 10.1. The molecule has 1 aromatic carbocycles. The minimum absolute atomic E-state index is 0.151. The predicted molar refractivity (Wildman–Crippen MR) is 68.6 cm³/mol. The van der Waals surface area contributed by atoms with Crippen LogP contribution in [0.1, 0.15) is 10.4 Å². The first-order chi connectivity index (χ1) is 8.10. The average Bonchev–Trinajstić information content (AvgIpc) is 2.28. The Morgan fingerprint density at radius 3 is 2.35 bits per heavy atom. The molecule has 1 amide bonds. The Labute approximate surface area is 108 Å². The topological polar surface area (TPSA) is 86.8 Å². The molecule has 0 saturated heterocycles. The van der Waals surface area contributed by atoms with Crippen LogP contribution in [0.25, 0.3) is 0 Å². The summed E-state index contributed by atoms with van der Waals surface area (Å²) < 4.78 is 0.794. The van der Waals surface area contributed by atoms with Crippen molar-refractivity contribution < 1.29 is 15.0 Å². The number of nitrogen functional groups attached to an aromatic ring is 1. The summed E-state index contributed by atoms with van der Waals surface area (Å²) in [6, 6.07) is 4.98. The SMILES string of the molecule is Nc1cc(Br)ccc1C(=O)N(CCO)CCO. The van der Waals surface area contributed by atoms with Crippen LogP contribution >= 0.6 is 15.9 Å². The summed E-state index contributed by atoms with van der Waals surface area (Å²) in [6.45, 7) is 0.0497. The quantitative estimate of drug-likeness (QED) is 0.690. The van der Waals surface area contributed by atoms with E-state index in [-0.39, 0.29) is 32.2 Å². The van der Waals surface area contributed by atoms with Crippen molar-refractivity contribution in [2.45, 2.75) is 0 Å². The molecule has 0 fully saturated rings. The fourth-order valence-corrected chi connectivity index (χ4v) is 1.83. The molecule has 1 rings (SSSR count). The summed E-state index contributed by atoms with van der Waals surface area (Å²) >= 11 is 3.26. The molecule has 0 unspecified atom stereocenters. The Morgan fingerprint density at radius 1 is 1.29 bits per heavy atom. The molecule has 6 heteroatoms. The molecule has 5 nitrogen and oxygen atoms in total. The van der Waals surface area contributed by atoms with Crippen molar-refractivity contribution in [3.05, 3.63) is 28.2 Å². The number of rotatable bonds is 5. The second-order valence-electron chi connectivity index (χ2n) is 3.47. The Morgan fingerprint density at radius 2 is 1.88 bits per heavy atom. The monoisotopic (exact) mass is 302 g/mol. The molecule has 0 aliphatic rings. The van der Waals surface area contributed by atoms with Crippen molar-refractivity contribution in [3.63, 3.8) is 0 Å². The third kappa shape index (κ3) is 3.69. The number of halogens is 1. The Balaban J connectivity index is 2.92. The highest BCUT2D eigenvalue weighted by atomic mass is 79.9. The molecule has 1 aromatic rings. The van der Waals surface area contributed by atoms with E-state index in [1.807, 2.05) is 0 Å². The van der Waals surface area contributed by atoms with Gasteiger partial charge in [-0.05, 0) is 18.2 Å². The normalized spacial score (nSPS) is 10.3. The van der Waals surface area contributed by atoms with Gasteiger partial charge in [0.05, 0.1) is 18.8 Å². The Bertz CT molecular complexity index is 392. The summed E-state index contributed by atoms with van der Waals surface area (Å²) in [5, 5.41) is 17.7. The van der Waals surface area contributed by atoms with Crippen LogP contribution in [0.4, 0.5) is 5.69 Å². The lowest BCUT2D eigenvalue weighted by Crippen LogP contribution is -2.36. The van der Waals surface area contributed by atoms with Crippen LogP contribution in [0.3, 0.4) is 0 Å². The fourth-order valence-electron chi connectivity index (χ4n) is 1.46. The third-order valence-corrected chi connectivity index (χ3v) is 2.76. The molecule has 0 atom stereocenters. The molecule has 0 aromatic heterocycles. The van der Waals surface area contributed by atoms with E-state index in [9.17, 15) is 4.79 Å². The molecular weight excluding hydrogens is 288 g/mol. The molecular formula is C11H15BrN2O3. The number of nitrogens with zero attached hydrogens (tertiary/aromatic N) is 1. The summed E-state index contributed by atoms with van der Waals surface area (Å²) in [5.41, 5.74) is 6.49. The van der Waals surface area contributed by atoms with Crippen molar-refractivity contribution in [2.24, 2.45) is 0 Å². The number of amides is 1. The summed E-state index contributed by atoms with van der Waals surface area (Å²) in [4.78, 5) is 13.4. The number of hydrogen-bond acceptors (Lipinski definition) is 4. The molecule has 4 N–H and O–H groups in total. The van der Waals surface area contributed by atoms with Crippen LogP contribution in [0.15, 0.2) is 22.7 Å². The first kappa shape index (κ1) is 14.0. The van der Waals surface area contributed by atoms with E-state index < -0.39 is 0 Å². The number of aliphatic hydroxyl groups excluding tert-OH is 2. The molecule has 0 aliphatic carbocycles. The van der Waals surface area contributed by atoms with E-state index in [4.69, 9.17) is 15.9 Å². The number of carbonyl (C=O) groups is 1. The van der Waals surface area contributed by atoms with E-state index in [0.29, 0.717) is 11.3 Å². The van der Waals surface area contributed by atoms with Crippen molar-refractivity contribution in [1.29, 1.82) is 0 Å². The molecule has 17 heavy (non-hydrogen) atoms. The lowest BCUT2D eigenvalue weighted by molar-refractivity contribution is 0.0686. The smallest absolute Gasteiger partial charge is 0.256 e. The molecule has 0 radical (unpaired) electrons. The Hall–Kier alpha value is -1.11. The zero-order valence-corrected chi connectivity index (χ0v) is 10.9. The fraction of sp³-hybridized carbons (Fsp3) is 0.364. The summed E-state index contributed by atoms with van der Waals surface area (Å²) in [6.07, 6.45) is 0. The van der Waals surface area contributed by atoms with E-state index in [1.165, 1.54) is 4.90 Å². The predicted octanol–water partition coefficient (Wildman–Crippen LogP) is 0.458. The maximum absolute atomic E-state index is 12.1. The van der Waals surface area contributed by atoms with Gasteiger partial charge in [0.1, 0.15) is 0 Å². The highest BCUT2D eigenvalue weighted by molar-refractivity contribution is 9.10. The van der Waals surface area contributed by atoms with Crippen LogP contribution in [0.5, 0.6) is 0 Å². The van der Waals surface area contributed by atoms with Gasteiger partial charge >= 0.3 is 0 Å². The summed E-state index contributed by atoms with van der Waals surface area (Å²) in [7, 11) is 0. The molecule has 0 spiro atoms. The van der Waals surface area contributed by atoms with Crippen molar-refractivity contribution >= 4 is 27.5 Å². The van der Waals surface area contributed by atoms with E-state index >= 15 is 0 Å². The largest absolute Gasteiger partial charge is 0.398 e. The van der Waals surface area contributed by atoms with Crippen LogP contribution in [-0.2, 0) is 0 Å². The minimum atomic E-state index is -0.293. The maximum Gasteiger partial charge on any atom is 0.256 e. The second kappa shape index (κ2) is 6.58. The van der Waals surface area contributed by atoms with Gasteiger partial charge in [-0.25, -0.2) is 0 Å². The van der Waals surface area contributed by atoms with Gasteiger partial charge in [0.25, 0.3) is 5.91 Å². The van der Waals surface area contributed by atoms with Crippen molar-refractivity contribution in [2.75, 3.05) is 32.0 Å². The molecule has 94 valence electrons. The number of anilines is 1. The van der Waals surface area contributed by atoms with Crippen LogP contribution in [0, 0.1) is 0 Å². The van der Waals surface area contributed by atoms with E-state index in [0.717, 1.165) is 4.47 Å². The minimum Gasteiger partial charge on any atom is -0.398 e. The zero-order chi connectivity index (χ0) is 12.8. The van der Waals surface area contributed by atoms with Gasteiger partial charge in [-0.15, -0.1) is 0 Å². The van der Waals surface area contributed by atoms with E-state index in [2.05, 4.69) is 15.9 Å². The molecule has 0 aliphatic heterocycles. The summed E-state index contributed by atoms with van der Waals surface area (Å²) in [5.74, 6) is -0.293. The van der Waals surface area contributed by atoms with E-state index in [1.54, 1.807) is 18.2 Å². The first-order valence-electron chi connectivity index (χ1n) is 5.16. The number of aliphatic hydroxyl groups is 2. The Kier molecular flexibility index (Phi) is 5.40. The number of benzene rings is 1. The average molecular weight is 303 g/mol. The van der Waals surface area contributed by atoms with Crippen LogP contribution in [-0.4, -0.2) is 47.3 Å². The van der Waals surface area contributed by atoms with Crippen molar-refractivity contribution in [3.8, 4) is 0 Å². The first-order valence-corrected chi connectivity index (χ1v) is 5.95. The van der Waals surface area contributed by atoms with Gasteiger partial charge in [0.2, 0.25) is 0 Å². The van der Waals surface area contributed by atoms with Crippen molar-refractivity contribution in [1.82, 2.24) is 4.90 Å². The standard InChI is InChI=1S/C11H15BrN2O3/c12-8-1-2-9(10(13)7-8)11(17)14(3-5-15)4-6-16/h1-2,7,15-16H,3-6,13H2. The second-order valence-corrected chi connectivity index (χ2v) is 4.39. The van der Waals surface area contributed by atoms with Gasteiger partial charge in [-0.3, -0.25) is 4.79 Å². The molecule has 0 bridgehead atoms. The number of hydrogen-bond donors (Lipinski definition) is 3. The van der Waals surface area contributed by atoms with Crippen LogP contribution < -0.4 is 5.73 Å². The highest BCUT2D eigenvalue weighted by Crippen LogP contribution is 2.19. The maximum atomic E-state index is 12.1. The van der Waals surface area contributed by atoms with Gasteiger partial charge in [-0.2, -0.15) is 0 Å². The van der Waals surface area contributed by atoms with Gasteiger partial charge in [0.15, 0.2) is 0 Å².